The van der Waals surface area contributed by atoms with Gasteiger partial charge in [0.05, 0.1) is 0 Å². The van der Waals surface area contributed by atoms with Crippen molar-refractivity contribution in [2.75, 3.05) is 26.3 Å². The van der Waals surface area contributed by atoms with Gasteiger partial charge in [0.2, 0.25) is 0 Å². The molecule has 0 aliphatic rings. The Morgan fingerprint density at radius 2 is 1.68 bits per heavy atom. The van der Waals surface area contributed by atoms with E-state index in [9.17, 15) is 13.2 Å². The largest absolute Gasteiger partial charge is 0.411 e. The SMILES string of the molecule is CCCNCC(CC)(CC)CCCOCC(F)(F)F. The Morgan fingerprint density at radius 3 is 2.16 bits per heavy atom. The van der Waals surface area contributed by atoms with Crippen LogP contribution in [0.1, 0.15) is 52.9 Å². The number of hydrogen-bond acceptors (Lipinski definition) is 2. The van der Waals surface area contributed by atoms with Gasteiger partial charge < -0.3 is 10.1 Å². The van der Waals surface area contributed by atoms with Crippen molar-refractivity contribution in [1.82, 2.24) is 5.32 Å². The van der Waals surface area contributed by atoms with Crippen molar-refractivity contribution in [3.8, 4) is 0 Å². The maximum Gasteiger partial charge on any atom is 0.411 e. The summed E-state index contributed by atoms with van der Waals surface area (Å²) in [6.45, 7) is 7.40. The molecule has 0 fully saturated rings. The molecule has 19 heavy (non-hydrogen) atoms. The molecule has 0 aromatic heterocycles. The lowest BCUT2D eigenvalue weighted by Gasteiger charge is -2.32. The van der Waals surface area contributed by atoms with Crippen LogP contribution in [0.3, 0.4) is 0 Å². The highest BCUT2D eigenvalue weighted by Crippen LogP contribution is 2.31. The number of rotatable bonds is 11. The van der Waals surface area contributed by atoms with Gasteiger partial charge in [-0.1, -0.05) is 20.8 Å². The molecular formula is C14H28F3NO. The fraction of sp³-hybridized carbons (Fsp3) is 1.00. The summed E-state index contributed by atoms with van der Waals surface area (Å²) < 4.78 is 40.4. The number of ether oxygens (including phenoxy) is 1. The molecule has 0 heterocycles. The highest BCUT2D eigenvalue weighted by molar-refractivity contribution is 4.79. The van der Waals surface area contributed by atoms with Crippen LogP contribution in [-0.2, 0) is 4.74 Å². The van der Waals surface area contributed by atoms with Crippen molar-refractivity contribution in [3.63, 3.8) is 0 Å². The van der Waals surface area contributed by atoms with Gasteiger partial charge in [-0.05, 0) is 44.1 Å². The minimum atomic E-state index is -4.21. The molecule has 1 N–H and O–H groups in total. The van der Waals surface area contributed by atoms with Gasteiger partial charge in [0.15, 0.2) is 0 Å². The molecule has 0 amide bonds. The van der Waals surface area contributed by atoms with Crippen molar-refractivity contribution in [3.05, 3.63) is 0 Å². The predicted octanol–water partition coefficient (Wildman–Crippen LogP) is 4.15. The average Bonchev–Trinajstić information content (AvgIpc) is 2.35. The molecule has 0 unspecified atom stereocenters. The minimum absolute atomic E-state index is 0.190. The molecule has 0 radical (unpaired) electrons. The van der Waals surface area contributed by atoms with Gasteiger partial charge in [-0.25, -0.2) is 0 Å². The Bertz CT molecular complexity index is 215. The minimum Gasteiger partial charge on any atom is -0.372 e. The lowest BCUT2D eigenvalue weighted by Crippen LogP contribution is -2.34. The summed E-state index contributed by atoms with van der Waals surface area (Å²) in [5, 5.41) is 3.42. The summed E-state index contributed by atoms with van der Waals surface area (Å²) >= 11 is 0. The molecule has 0 rings (SSSR count). The van der Waals surface area contributed by atoms with E-state index in [2.05, 4.69) is 30.8 Å². The van der Waals surface area contributed by atoms with Gasteiger partial charge in [0.1, 0.15) is 6.61 Å². The smallest absolute Gasteiger partial charge is 0.372 e. The summed E-state index contributed by atoms with van der Waals surface area (Å²) in [6, 6.07) is 0. The first kappa shape index (κ1) is 18.7. The molecule has 0 aliphatic carbocycles. The maximum atomic E-state index is 11.9. The molecule has 0 atom stereocenters. The molecule has 2 nitrogen and oxygen atoms in total. The fourth-order valence-electron chi connectivity index (χ4n) is 2.21. The van der Waals surface area contributed by atoms with E-state index in [0.29, 0.717) is 6.42 Å². The van der Waals surface area contributed by atoms with E-state index in [0.717, 1.165) is 38.8 Å². The van der Waals surface area contributed by atoms with Crippen molar-refractivity contribution < 1.29 is 17.9 Å². The normalized spacial score (nSPS) is 12.9. The number of halogens is 3. The third-order valence-electron chi connectivity index (χ3n) is 3.69. The van der Waals surface area contributed by atoms with Crippen LogP contribution in [-0.4, -0.2) is 32.5 Å². The Kier molecular flexibility index (Phi) is 9.44. The lowest BCUT2D eigenvalue weighted by atomic mass is 9.78. The van der Waals surface area contributed by atoms with E-state index in [-0.39, 0.29) is 12.0 Å². The van der Waals surface area contributed by atoms with Crippen LogP contribution in [0.5, 0.6) is 0 Å². The Labute approximate surface area is 115 Å². The average molecular weight is 283 g/mol. The number of hydrogen-bond donors (Lipinski definition) is 1. The number of nitrogens with one attached hydrogen (secondary N) is 1. The second kappa shape index (κ2) is 9.59. The van der Waals surface area contributed by atoms with Crippen LogP contribution in [0.25, 0.3) is 0 Å². The van der Waals surface area contributed by atoms with E-state index in [1.54, 1.807) is 0 Å². The molecule has 0 spiro atoms. The zero-order valence-corrected chi connectivity index (χ0v) is 12.4. The van der Waals surface area contributed by atoms with E-state index >= 15 is 0 Å². The summed E-state index contributed by atoms with van der Waals surface area (Å²) in [5.41, 5.74) is 0.191. The van der Waals surface area contributed by atoms with E-state index < -0.39 is 12.8 Å². The highest BCUT2D eigenvalue weighted by atomic mass is 19.4. The molecule has 0 saturated heterocycles. The first-order valence-electron chi connectivity index (χ1n) is 7.24. The van der Waals surface area contributed by atoms with Crippen LogP contribution in [0.15, 0.2) is 0 Å². The maximum absolute atomic E-state index is 11.9. The van der Waals surface area contributed by atoms with Crippen LogP contribution in [0, 0.1) is 5.41 Å². The molecule has 0 aromatic rings. The first-order valence-corrected chi connectivity index (χ1v) is 7.24. The quantitative estimate of drug-likeness (QED) is 0.575. The van der Waals surface area contributed by atoms with Crippen LogP contribution < -0.4 is 5.32 Å². The third-order valence-corrected chi connectivity index (χ3v) is 3.69. The van der Waals surface area contributed by atoms with Crippen molar-refractivity contribution >= 4 is 0 Å². The van der Waals surface area contributed by atoms with Crippen LogP contribution in [0.2, 0.25) is 0 Å². The zero-order valence-electron chi connectivity index (χ0n) is 12.4. The lowest BCUT2D eigenvalue weighted by molar-refractivity contribution is -0.174. The molecule has 5 heteroatoms. The van der Waals surface area contributed by atoms with Gasteiger partial charge in [-0.2, -0.15) is 13.2 Å². The predicted molar refractivity (Wildman–Crippen MR) is 72.3 cm³/mol. The van der Waals surface area contributed by atoms with Crippen molar-refractivity contribution in [1.29, 1.82) is 0 Å². The van der Waals surface area contributed by atoms with Crippen molar-refractivity contribution in [2.24, 2.45) is 5.41 Å². The van der Waals surface area contributed by atoms with Gasteiger partial charge in [0.25, 0.3) is 0 Å². The van der Waals surface area contributed by atoms with Crippen LogP contribution >= 0.6 is 0 Å². The summed E-state index contributed by atoms with van der Waals surface area (Å²) in [5.74, 6) is 0. The van der Waals surface area contributed by atoms with Gasteiger partial charge in [-0.3, -0.25) is 0 Å². The standard InChI is InChI=1S/C14H28F3NO/c1-4-9-18-11-13(5-2,6-3)8-7-10-19-12-14(15,16)17/h18H,4-12H2,1-3H3. The molecule has 0 aromatic carbocycles. The number of alkyl halides is 3. The van der Waals surface area contributed by atoms with Crippen LogP contribution in [0.4, 0.5) is 13.2 Å². The molecule has 0 bridgehead atoms. The van der Waals surface area contributed by atoms with Gasteiger partial charge in [-0.15, -0.1) is 0 Å². The van der Waals surface area contributed by atoms with E-state index in [4.69, 9.17) is 0 Å². The van der Waals surface area contributed by atoms with E-state index in [1.165, 1.54) is 0 Å². The molecule has 116 valence electrons. The van der Waals surface area contributed by atoms with Crippen molar-refractivity contribution in [2.45, 2.75) is 59.1 Å². The highest BCUT2D eigenvalue weighted by Gasteiger charge is 2.28. The Hall–Kier alpha value is -0.290. The van der Waals surface area contributed by atoms with E-state index in [1.807, 2.05) is 0 Å². The van der Waals surface area contributed by atoms with Gasteiger partial charge in [0, 0.05) is 13.2 Å². The third kappa shape index (κ3) is 9.27. The fourth-order valence-corrected chi connectivity index (χ4v) is 2.21. The Balaban J connectivity index is 3.93. The zero-order chi connectivity index (χ0) is 14.8. The molecule has 0 aliphatic heterocycles. The molecular weight excluding hydrogens is 255 g/mol. The topological polar surface area (TPSA) is 21.3 Å². The molecule has 0 saturated carbocycles. The first-order chi connectivity index (χ1) is 8.89. The summed E-state index contributed by atoms with van der Waals surface area (Å²) in [7, 11) is 0. The van der Waals surface area contributed by atoms with Gasteiger partial charge >= 0.3 is 6.18 Å². The second-order valence-electron chi connectivity index (χ2n) is 5.16. The summed E-state index contributed by atoms with van der Waals surface area (Å²) in [6.07, 6.45) is 0.562. The monoisotopic (exact) mass is 283 g/mol. The Morgan fingerprint density at radius 1 is 1.05 bits per heavy atom. The summed E-state index contributed by atoms with van der Waals surface area (Å²) in [4.78, 5) is 0. The second-order valence-corrected chi connectivity index (χ2v) is 5.16.